The molecule has 1 rings (SSSR count). The Hall–Kier alpha value is -1.16. The van der Waals surface area contributed by atoms with E-state index in [0.29, 0.717) is 18.6 Å². The summed E-state index contributed by atoms with van der Waals surface area (Å²) in [4.78, 5) is 22.3. The molecule has 1 fully saturated rings. The highest BCUT2D eigenvalue weighted by molar-refractivity contribution is 5.91. The Morgan fingerprint density at radius 3 is 1.48 bits per heavy atom. The summed E-state index contributed by atoms with van der Waals surface area (Å²) < 4.78 is 10.4. The Balaban J connectivity index is 1.74. The highest BCUT2D eigenvalue weighted by Crippen LogP contribution is 2.32. The second-order valence-corrected chi connectivity index (χ2v) is 9.90. The number of hydrogen-bond donors (Lipinski definition) is 0. The van der Waals surface area contributed by atoms with Crippen LogP contribution < -0.4 is 0 Å². The number of rotatable bonds is 24. The number of hydrogen-bond acceptors (Lipinski definition) is 4. The summed E-state index contributed by atoms with van der Waals surface area (Å²) in [6.07, 6.45) is 29.9. The van der Waals surface area contributed by atoms with Crippen LogP contribution in [0.15, 0.2) is 12.7 Å². The zero-order chi connectivity index (χ0) is 24.0. The third-order valence-corrected chi connectivity index (χ3v) is 6.78. The first-order valence-electron chi connectivity index (χ1n) is 14.2. The van der Waals surface area contributed by atoms with Gasteiger partial charge in [-0.25, -0.2) is 4.79 Å². The molecule has 1 saturated heterocycles. The van der Waals surface area contributed by atoms with Gasteiger partial charge in [-0.1, -0.05) is 129 Å². The number of ether oxygens (including phenoxy) is 2. The minimum Gasteiger partial charge on any atom is -0.390 e. The van der Waals surface area contributed by atoms with E-state index in [1.54, 1.807) is 0 Å². The Bertz CT molecular complexity index is 502. The van der Waals surface area contributed by atoms with Crippen LogP contribution in [0.1, 0.15) is 148 Å². The SMILES string of the molecule is C=CC(=O)OC(=O)CCCCCCCC1OC1CCCCCCCCCCCCCCCC. The van der Waals surface area contributed by atoms with Crippen molar-refractivity contribution in [2.24, 2.45) is 0 Å². The van der Waals surface area contributed by atoms with Gasteiger partial charge in [0.25, 0.3) is 0 Å². The molecule has 192 valence electrons. The zero-order valence-electron chi connectivity index (χ0n) is 21.6. The molecule has 0 bridgehead atoms. The van der Waals surface area contributed by atoms with Gasteiger partial charge in [0.1, 0.15) is 0 Å². The highest BCUT2D eigenvalue weighted by Gasteiger charge is 2.36. The zero-order valence-corrected chi connectivity index (χ0v) is 21.6. The smallest absolute Gasteiger partial charge is 0.337 e. The van der Waals surface area contributed by atoms with Gasteiger partial charge < -0.3 is 9.47 Å². The molecule has 1 aliphatic rings. The molecule has 1 heterocycles. The van der Waals surface area contributed by atoms with E-state index in [2.05, 4.69) is 18.2 Å². The number of epoxide rings is 1. The lowest BCUT2D eigenvalue weighted by atomic mass is 10.0. The summed E-state index contributed by atoms with van der Waals surface area (Å²) in [5, 5.41) is 0. The molecule has 0 aliphatic carbocycles. The lowest BCUT2D eigenvalue weighted by Crippen LogP contribution is -2.09. The van der Waals surface area contributed by atoms with Crippen molar-refractivity contribution in [2.75, 3.05) is 0 Å². The van der Waals surface area contributed by atoms with Gasteiger partial charge in [-0.05, 0) is 19.3 Å². The molecule has 0 saturated carbocycles. The van der Waals surface area contributed by atoms with Crippen molar-refractivity contribution in [3.05, 3.63) is 12.7 Å². The van der Waals surface area contributed by atoms with E-state index in [9.17, 15) is 9.59 Å². The van der Waals surface area contributed by atoms with Gasteiger partial charge >= 0.3 is 11.9 Å². The molecule has 0 spiro atoms. The maximum atomic E-state index is 11.4. The number of carbonyl (C=O) groups is 2. The van der Waals surface area contributed by atoms with Crippen LogP contribution in [0.4, 0.5) is 0 Å². The lowest BCUT2D eigenvalue weighted by molar-refractivity contribution is -0.156. The van der Waals surface area contributed by atoms with Crippen LogP contribution in [0.5, 0.6) is 0 Å². The van der Waals surface area contributed by atoms with Crippen molar-refractivity contribution < 1.29 is 19.1 Å². The summed E-state index contributed by atoms with van der Waals surface area (Å²) in [5.41, 5.74) is 0. The lowest BCUT2D eigenvalue weighted by Gasteiger charge is -2.03. The van der Waals surface area contributed by atoms with Gasteiger partial charge in [0.2, 0.25) is 0 Å². The number of carbonyl (C=O) groups excluding carboxylic acids is 2. The Kier molecular flexibility index (Phi) is 19.4. The van der Waals surface area contributed by atoms with E-state index >= 15 is 0 Å². The van der Waals surface area contributed by atoms with E-state index in [-0.39, 0.29) is 0 Å². The van der Waals surface area contributed by atoms with E-state index < -0.39 is 11.9 Å². The molecule has 0 amide bonds. The van der Waals surface area contributed by atoms with Crippen LogP contribution in [0.25, 0.3) is 0 Å². The van der Waals surface area contributed by atoms with Crippen molar-refractivity contribution in [3.8, 4) is 0 Å². The largest absolute Gasteiger partial charge is 0.390 e. The molecule has 0 radical (unpaired) electrons. The summed E-state index contributed by atoms with van der Waals surface area (Å²) in [6.45, 7) is 5.56. The number of esters is 2. The molecule has 0 aromatic rings. The van der Waals surface area contributed by atoms with Crippen LogP contribution in [0.2, 0.25) is 0 Å². The fraction of sp³-hybridized carbons (Fsp3) is 0.862. The predicted molar refractivity (Wildman–Crippen MR) is 137 cm³/mol. The molecule has 33 heavy (non-hydrogen) atoms. The first-order valence-corrected chi connectivity index (χ1v) is 14.2. The standard InChI is InChI=1S/C29H52O4/c1-3-5-6-7-8-9-10-11-12-13-14-15-17-20-23-26-27(32-26)24-21-18-16-19-22-25-29(31)33-28(30)4-2/h4,26-27H,2-3,5-25H2,1H3. The second kappa shape index (κ2) is 21.4. The van der Waals surface area contributed by atoms with Gasteiger partial charge in [-0.15, -0.1) is 0 Å². The molecule has 0 N–H and O–H groups in total. The van der Waals surface area contributed by atoms with Gasteiger partial charge in [0.05, 0.1) is 12.2 Å². The van der Waals surface area contributed by atoms with Crippen LogP contribution in [-0.2, 0) is 19.1 Å². The van der Waals surface area contributed by atoms with E-state index in [4.69, 9.17) is 4.74 Å². The topological polar surface area (TPSA) is 55.9 Å². The monoisotopic (exact) mass is 464 g/mol. The van der Waals surface area contributed by atoms with Crippen molar-refractivity contribution in [3.63, 3.8) is 0 Å². The minimum atomic E-state index is -0.659. The molecule has 2 atom stereocenters. The molecule has 2 unspecified atom stereocenters. The predicted octanol–water partition coefficient (Wildman–Crippen LogP) is 8.61. The van der Waals surface area contributed by atoms with E-state index in [1.807, 2.05) is 0 Å². The van der Waals surface area contributed by atoms with Gasteiger partial charge in [-0.3, -0.25) is 4.79 Å². The molecule has 0 aromatic heterocycles. The highest BCUT2D eigenvalue weighted by atomic mass is 16.6. The van der Waals surface area contributed by atoms with Crippen molar-refractivity contribution in [1.29, 1.82) is 0 Å². The average Bonchev–Trinajstić information content (AvgIpc) is 3.56. The fourth-order valence-corrected chi connectivity index (χ4v) is 4.58. The molecule has 4 heteroatoms. The summed E-state index contributed by atoms with van der Waals surface area (Å²) in [7, 11) is 0. The molecular formula is C29H52O4. The molecule has 0 aromatic carbocycles. The fourth-order valence-electron chi connectivity index (χ4n) is 4.58. The Morgan fingerprint density at radius 2 is 1.06 bits per heavy atom. The Labute approximate surface area is 204 Å². The minimum absolute atomic E-state index is 0.312. The van der Waals surface area contributed by atoms with Crippen molar-refractivity contribution in [2.45, 2.75) is 160 Å². The van der Waals surface area contributed by atoms with Crippen LogP contribution in [-0.4, -0.2) is 24.1 Å². The van der Waals surface area contributed by atoms with E-state index in [0.717, 1.165) is 25.3 Å². The first-order chi connectivity index (χ1) is 16.2. The third-order valence-electron chi connectivity index (χ3n) is 6.78. The quantitative estimate of drug-likeness (QED) is 0.0471. The van der Waals surface area contributed by atoms with Crippen LogP contribution >= 0.6 is 0 Å². The summed E-state index contributed by atoms with van der Waals surface area (Å²) in [5.74, 6) is -1.11. The molecule has 1 aliphatic heterocycles. The normalized spacial score (nSPS) is 17.1. The van der Waals surface area contributed by atoms with E-state index in [1.165, 1.54) is 116 Å². The summed E-state index contributed by atoms with van der Waals surface area (Å²) in [6, 6.07) is 0. The van der Waals surface area contributed by atoms with Crippen molar-refractivity contribution >= 4 is 11.9 Å². The van der Waals surface area contributed by atoms with Gasteiger partial charge in [0.15, 0.2) is 0 Å². The molecule has 4 nitrogen and oxygen atoms in total. The number of unbranched alkanes of at least 4 members (excludes halogenated alkanes) is 17. The average molecular weight is 465 g/mol. The Morgan fingerprint density at radius 1 is 0.667 bits per heavy atom. The summed E-state index contributed by atoms with van der Waals surface area (Å²) >= 11 is 0. The first kappa shape index (κ1) is 29.9. The van der Waals surface area contributed by atoms with Crippen molar-refractivity contribution in [1.82, 2.24) is 0 Å². The molecular weight excluding hydrogens is 412 g/mol. The van der Waals surface area contributed by atoms with Gasteiger partial charge in [-0.2, -0.15) is 0 Å². The second-order valence-electron chi connectivity index (χ2n) is 9.90. The maximum Gasteiger partial charge on any atom is 0.337 e. The maximum absolute atomic E-state index is 11.4. The van der Waals surface area contributed by atoms with Crippen LogP contribution in [0, 0.1) is 0 Å². The van der Waals surface area contributed by atoms with Crippen LogP contribution in [0.3, 0.4) is 0 Å². The third kappa shape index (κ3) is 18.9. The van der Waals surface area contributed by atoms with Gasteiger partial charge in [0, 0.05) is 12.5 Å².